The lowest BCUT2D eigenvalue weighted by Gasteiger charge is -2.08. The molecule has 1 aromatic heterocycles. The Kier molecular flexibility index (Phi) is 3.69. The molecule has 0 aliphatic carbocycles. The zero-order valence-corrected chi connectivity index (χ0v) is 11.7. The van der Waals surface area contributed by atoms with Crippen molar-refractivity contribution in [1.29, 1.82) is 0 Å². The smallest absolute Gasteiger partial charge is 0.232 e. The summed E-state index contributed by atoms with van der Waals surface area (Å²) in [5, 5.41) is 6.18. The van der Waals surface area contributed by atoms with E-state index in [0.717, 1.165) is 11.4 Å². The molecule has 3 aromatic rings. The molecule has 0 bridgehead atoms. The quantitative estimate of drug-likeness (QED) is 0.546. The van der Waals surface area contributed by atoms with Gasteiger partial charge >= 0.3 is 0 Å². The number of nitrogen functional groups attached to an aromatic ring is 2. The number of aromatic nitrogens is 3. The summed E-state index contributed by atoms with van der Waals surface area (Å²) in [6.45, 7) is 0. The predicted octanol–water partition coefficient (Wildman–Crippen LogP) is 2.52. The summed E-state index contributed by atoms with van der Waals surface area (Å²) in [4.78, 5) is 12.5. The number of rotatable bonds is 4. The van der Waals surface area contributed by atoms with Crippen molar-refractivity contribution in [3.8, 4) is 0 Å². The van der Waals surface area contributed by atoms with Gasteiger partial charge in [-0.15, -0.1) is 0 Å². The first kappa shape index (κ1) is 13.6. The fraction of sp³-hybridized carbons (Fsp3) is 0. The minimum absolute atomic E-state index is 0.442. The van der Waals surface area contributed by atoms with Crippen molar-refractivity contribution >= 4 is 34.6 Å². The molecule has 0 atom stereocenters. The highest BCUT2D eigenvalue weighted by molar-refractivity contribution is 5.60. The van der Waals surface area contributed by atoms with Gasteiger partial charge in [0.05, 0.1) is 0 Å². The Balaban J connectivity index is 1.74. The number of hydrogen-bond acceptors (Lipinski definition) is 7. The van der Waals surface area contributed by atoms with Crippen LogP contribution in [0.15, 0.2) is 54.9 Å². The average Bonchev–Trinajstić information content (AvgIpc) is 2.52. The Morgan fingerprint density at radius 1 is 0.636 bits per heavy atom. The molecule has 110 valence electrons. The van der Waals surface area contributed by atoms with Gasteiger partial charge in [0.15, 0.2) is 0 Å². The first-order valence-electron chi connectivity index (χ1n) is 6.63. The van der Waals surface area contributed by atoms with Gasteiger partial charge in [0.25, 0.3) is 0 Å². The molecular weight excluding hydrogens is 278 g/mol. The molecule has 1 heterocycles. The van der Waals surface area contributed by atoms with Gasteiger partial charge in [-0.05, 0) is 48.5 Å². The molecule has 0 aliphatic heterocycles. The molecule has 7 nitrogen and oxygen atoms in total. The Bertz CT molecular complexity index is 691. The van der Waals surface area contributed by atoms with Crippen LogP contribution in [0.25, 0.3) is 0 Å². The molecule has 0 unspecified atom stereocenters. The fourth-order valence-electron chi connectivity index (χ4n) is 1.81. The second-order valence-electron chi connectivity index (χ2n) is 4.63. The van der Waals surface area contributed by atoms with E-state index >= 15 is 0 Å². The number of benzene rings is 2. The van der Waals surface area contributed by atoms with Gasteiger partial charge < -0.3 is 22.1 Å². The molecule has 0 aliphatic rings. The van der Waals surface area contributed by atoms with E-state index < -0.39 is 0 Å². The van der Waals surface area contributed by atoms with Crippen molar-refractivity contribution in [3.05, 3.63) is 54.9 Å². The van der Waals surface area contributed by atoms with E-state index in [-0.39, 0.29) is 0 Å². The van der Waals surface area contributed by atoms with Crippen LogP contribution in [0.2, 0.25) is 0 Å². The Morgan fingerprint density at radius 2 is 1.05 bits per heavy atom. The number of anilines is 6. The van der Waals surface area contributed by atoms with Crippen molar-refractivity contribution in [2.75, 3.05) is 22.1 Å². The predicted molar refractivity (Wildman–Crippen MR) is 88.1 cm³/mol. The van der Waals surface area contributed by atoms with Gasteiger partial charge in [-0.3, -0.25) is 0 Å². The summed E-state index contributed by atoms with van der Waals surface area (Å²) in [7, 11) is 0. The first-order chi connectivity index (χ1) is 10.7. The van der Waals surface area contributed by atoms with Crippen molar-refractivity contribution < 1.29 is 0 Å². The maximum absolute atomic E-state index is 5.65. The van der Waals surface area contributed by atoms with Crippen LogP contribution in [0.5, 0.6) is 0 Å². The molecule has 2 aromatic carbocycles. The lowest BCUT2D eigenvalue weighted by Crippen LogP contribution is -2.02. The SMILES string of the molecule is Nc1ccc(Nc2ncnc(Nc3ccc(N)cc3)n2)cc1. The Hall–Kier alpha value is -3.35. The fourth-order valence-corrected chi connectivity index (χ4v) is 1.81. The minimum Gasteiger partial charge on any atom is -0.399 e. The Labute approximate surface area is 127 Å². The molecule has 7 heteroatoms. The standard InChI is InChI=1S/C15H15N7/c16-10-1-5-12(6-2-10)20-14-18-9-19-15(22-14)21-13-7-3-11(17)4-8-13/h1-9H,16-17H2,(H2,18,19,20,21,22). The van der Waals surface area contributed by atoms with Crippen LogP contribution in [0, 0.1) is 0 Å². The molecule has 6 N–H and O–H groups in total. The maximum Gasteiger partial charge on any atom is 0.232 e. The second-order valence-corrected chi connectivity index (χ2v) is 4.63. The largest absolute Gasteiger partial charge is 0.399 e. The van der Waals surface area contributed by atoms with Gasteiger partial charge in [0.2, 0.25) is 11.9 Å². The number of nitrogens with one attached hydrogen (secondary N) is 2. The van der Waals surface area contributed by atoms with Crippen molar-refractivity contribution in [3.63, 3.8) is 0 Å². The average molecular weight is 293 g/mol. The number of nitrogens with zero attached hydrogens (tertiary/aromatic N) is 3. The maximum atomic E-state index is 5.65. The lowest BCUT2D eigenvalue weighted by molar-refractivity contribution is 1.06. The number of nitrogens with two attached hydrogens (primary N) is 2. The van der Waals surface area contributed by atoms with Gasteiger partial charge in [-0.25, -0.2) is 9.97 Å². The zero-order chi connectivity index (χ0) is 15.4. The lowest BCUT2D eigenvalue weighted by atomic mass is 10.3. The van der Waals surface area contributed by atoms with Crippen LogP contribution in [0.3, 0.4) is 0 Å². The minimum atomic E-state index is 0.442. The summed E-state index contributed by atoms with van der Waals surface area (Å²) in [6, 6.07) is 14.6. The molecule has 22 heavy (non-hydrogen) atoms. The summed E-state index contributed by atoms with van der Waals surface area (Å²) in [5.41, 5.74) is 14.4. The normalized spacial score (nSPS) is 10.2. The van der Waals surface area contributed by atoms with Gasteiger partial charge in [-0.2, -0.15) is 4.98 Å². The monoisotopic (exact) mass is 293 g/mol. The molecule has 0 saturated carbocycles. The highest BCUT2D eigenvalue weighted by Gasteiger charge is 2.02. The Morgan fingerprint density at radius 3 is 1.45 bits per heavy atom. The summed E-state index contributed by atoms with van der Waals surface area (Å²) in [5.74, 6) is 0.885. The van der Waals surface area contributed by atoms with Crippen molar-refractivity contribution in [2.45, 2.75) is 0 Å². The highest BCUT2D eigenvalue weighted by Crippen LogP contribution is 2.17. The van der Waals surface area contributed by atoms with Crippen LogP contribution in [0.4, 0.5) is 34.6 Å². The first-order valence-corrected chi connectivity index (χ1v) is 6.63. The van der Waals surface area contributed by atoms with E-state index in [0.29, 0.717) is 23.3 Å². The van der Waals surface area contributed by atoms with Crippen LogP contribution in [0.1, 0.15) is 0 Å². The van der Waals surface area contributed by atoms with Crippen molar-refractivity contribution in [1.82, 2.24) is 15.0 Å². The third kappa shape index (κ3) is 3.40. The molecule has 0 fully saturated rings. The summed E-state index contributed by atoms with van der Waals surface area (Å²) in [6.07, 6.45) is 1.44. The van der Waals surface area contributed by atoms with Crippen LogP contribution >= 0.6 is 0 Å². The molecule has 0 radical (unpaired) electrons. The van der Waals surface area contributed by atoms with E-state index in [1.165, 1.54) is 6.33 Å². The van der Waals surface area contributed by atoms with Gasteiger partial charge in [0.1, 0.15) is 6.33 Å². The van der Waals surface area contributed by atoms with Crippen LogP contribution < -0.4 is 22.1 Å². The third-order valence-electron chi connectivity index (χ3n) is 2.91. The summed E-state index contributed by atoms with van der Waals surface area (Å²) < 4.78 is 0. The molecule has 0 amide bonds. The molecule has 3 rings (SSSR count). The molecule has 0 saturated heterocycles. The van der Waals surface area contributed by atoms with E-state index in [2.05, 4.69) is 25.6 Å². The number of hydrogen-bond donors (Lipinski definition) is 4. The molecular formula is C15H15N7. The van der Waals surface area contributed by atoms with E-state index in [1.807, 2.05) is 24.3 Å². The zero-order valence-electron chi connectivity index (χ0n) is 11.7. The van der Waals surface area contributed by atoms with Crippen molar-refractivity contribution in [2.24, 2.45) is 0 Å². The van der Waals surface area contributed by atoms with Crippen LogP contribution in [-0.2, 0) is 0 Å². The van der Waals surface area contributed by atoms with Gasteiger partial charge in [0, 0.05) is 22.7 Å². The highest BCUT2D eigenvalue weighted by atomic mass is 15.2. The van der Waals surface area contributed by atoms with Gasteiger partial charge in [-0.1, -0.05) is 0 Å². The van der Waals surface area contributed by atoms with E-state index in [4.69, 9.17) is 11.5 Å². The van der Waals surface area contributed by atoms with E-state index in [1.54, 1.807) is 24.3 Å². The summed E-state index contributed by atoms with van der Waals surface area (Å²) >= 11 is 0. The topological polar surface area (TPSA) is 115 Å². The van der Waals surface area contributed by atoms with E-state index in [9.17, 15) is 0 Å². The third-order valence-corrected chi connectivity index (χ3v) is 2.91. The second kappa shape index (κ2) is 5.96. The molecule has 0 spiro atoms. The van der Waals surface area contributed by atoms with Crippen LogP contribution in [-0.4, -0.2) is 15.0 Å².